The first-order valence-corrected chi connectivity index (χ1v) is 15.2. The lowest BCUT2D eigenvalue weighted by molar-refractivity contribution is -0.115. The number of hydrogen-bond donors (Lipinski definition) is 3. The Hall–Kier alpha value is -4.57. The first-order valence-electron chi connectivity index (χ1n) is 14.4. The van der Waals surface area contributed by atoms with Crippen LogP contribution in [-0.4, -0.2) is 46.6 Å². The highest BCUT2D eigenvalue weighted by molar-refractivity contribution is 7.14. The van der Waals surface area contributed by atoms with Crippen LogP contribution in [0.2, 0.25) is 0 Å². The van der Waals surface area contributed by atoms with Crippen molar-refractivity contribution >= 4 is 34.4 Å². The summed E-state index contributed by atoms with van der Waals surface area (Å²) in [5.74, 6) is -0.759. The third-order valence-corrected chi connectivity index (χ3v) is 7.47. The lowest BCUT2D eigenvalue weighted by Crippen LogP contribution is -2.40. The fraction of sp³-hybridized carbons (Fsp3) is 0.324. The Morgan fingerprint density at radius 1 is 0.818 bits per heavy atom. The minimum atomic E-state index is -0.592. The Morgan fingerprint density at radius 3 is 2.20 bits per heavy atom. The Balaban J connectivity index is 1.33. The van der Waals surface area contributed by atoms with Crippen LogP contribution in [0.5, 0.6) is 0 Å². The Morgan fingerprint density at radius 2 is 1.50 bits per heavy atom. The van der Waals surface area contributed by atoms with E-state index < -0.39 is 17.1 Å². The zero-order valence-corrected chi connectivity index (χ0v) is 27.0. The molecule has 0 bridgehead atoms. The van der Waals surface area contributed by atoms with Gasteiger partial charge in [0.1, 0.15) is 5.60 Å². The molecule has 2 heterocycles. The third-order valence-electron chi connectivity index (χ3n) is 6.71. The number of anilines is 1. The van der Waals surface area contributed by atoms with Gasteiger partial charge in [0.15, 0.2) is 5.13 Å². The van der Waals surface area contributed by atoms with Crippen molar-refractivity contribution < 1.29 is 19.1 Å². The fourth-order valence-corrected chi connectivity index (χ4v) is 5.28. The topological polar surface area (TPSA) is 122 Å². The van der Waals surface area contributed by atoms with Crippen molar-refractivity contribution in [2.75, 3.05) is 18.4 Å². The maximum absolute atomic E-state index is 12.9. The summed E-state index contributed by atoms with van der Waals surface area (Å²) in [5.41, 5.74) is 5.96. The zero-order valence-electron chi connectivity index (χ0n) is 26.2. The van der Waals surface area contributed by atoms with Crippen molar-refractivity contribution in [3.8, 4) is 22.4 Å². The second-order valence-electron chi connectivity index (χ2n) is 12.3. The van der Waals surface area contributed by atoms with Gasteiger partial charge in [0.2, 0.25) is 5.91 Å². The predicted octanol–water partition coefficient (Wildman–Crippen LogP) is 6.66. The van der Waals surface area contributed by atoms with Crippen LogP contribution in [0.25, 0.3) is 22.4 Å². The summed E-state index contributed by atoms with van der Waals surface area (Å²) in [4.78, 5) is 46.7. The van der Waals surface area contributed by atoms with Crippen LogP contribution in [-0.2, 0) is 14.9 Å². The van der Waals surface area contributed by atoms with Gasteiger partial charge in [-0.05, 0) is 81.6 Å². The second kappa shape index (κ2) is 13.4. The quantitative estimate of drug-likeness (QED) is 0.194. The molecule has 0 radical (unpaired) electrons. The smallest absolute Gasteiger partial charge is 0.407 e. The molecule has 3 N–H and O–H groups in total. The summed E-state index contributed by atoms with van der Waals surface area (Å²) in [6.45, 7) is 13.4. The molecule has 2 aromatic carbocycles. The molecule has 0 unspecified atom stereocenters. The van der Waals surface area contributed by atoms with Gasteiger partial charge in [-0.1, -0.05) is 44.2 Å². The van der Waals surface area contributed by atoms with Crippen LogP contribution < -0.4 is 16.0 Å². The zero-order chi connectivity index (χ0) is 32.1. The number of pyridine rings is 1. The van der Waals surface area contributed by atoms with E-state index in [-0.39, 0.29) is 18.4 Å². The molecule has 9 nitrogen and oxygen atoms in total. The Bertz CT molecular complexity index is 1650. The predicted molar refractivity (Wildman–Crippen MR) is 175 cm³/mol. The van der Waals surface area contributed by atoms with Crippen LogP contribution in [0, 0.1) is 13.8 Å². The molecule has 4 aromatic rings. The number of nitrogens with zero attached hydrogens (tertiary/aromatic N) is 2. The number of aromatic nitrogens is 2. The summed E-state index contributed by atoms with van der Waals surface area (Å²) in [5, 5.41) is 10.6. The van der Waals surface area contributed by atoms with Gasteiger partial charge < -0.3 is 20.7 Å². The van der Waals surface area contributed by atoms with Crippen LogP contribution >= 0.6 is 11.3 Å². The van der Waals surface area contributed by atoms with Gasteiger partial charge in [0.25, 0.3) is 5.91 Å². The molecule has 4 rings (SSSR count). The van der Waals surface area contributed by atoms with Crippen molar-refractivity contribution in [2.24, 2.45) is 0 Å². The van der Waals surface area contributed by atoms with Crippen molar-refractivity contribution in [1.82, 2.24) is 20.6 Å². The number of rotatable bonds is 9. The number of thiazole rings is 1. The number of benzene rings is 2. The lowest BCUT2D eigenvalue weighted by Gasteiger charge is -2.27. The molecular formula is C34H39N5O4S. The first-order chi connectivity index (χ1) is 20.7. The molecule has 0 aliphatic carbocycles. The maximum Gasteiger partial charge on any atom is 0.407 e. The van der Waals surface area contributed by atoms with Gasteiger partial charge in [0, 0.05) is 39.9 Å². The molecular weight excluding hydrogens is 574 g/mol. The number of alkyl carbamates (subject to hydrolysis) is 1. The van der Waals surface area contributed by atoms with Gasteiger partial charge in [-0.25, -0.2) is 9.78 Å². The maximum atomic E-state index is 12.9. The highest BCUT2D eigenvalue weighted by Gasteiger charge is 2.24. The monoisotopic (exact) mass is 613 g/mol. The number of aryl methyl sites for hydroxylation is 2. The van der Waals surface area contributed by atoms with Crippen molar-refractivity contribution in [1.29, 1.82) is 0 Å². The highest BCUT2D eigenvalue weighted by atomic mass is 32.1. The van der Waals surface area contributed by atoms with Gasteiger partial charge >= 0.3 is 6.09 Å². The number of amides is 3. The van der Waals surface area contributed by atoms with E-state index in [2.05, 4.69) is 32.0 Å². The van der Waals surface area contributed by atoms with Crippen LogP contribution in [0.3, 0.4) is 0 Å². The largest absolute Gasteiger partial charge is 0.444 e. The molecule has 0 atom stereocenters. The normalized spacial score (nSPS) is 11.5. The van der Waals surface area contributed by atoms with Gasteiger partial charge in [-0.3, -0.25) is 14.6 Å². The van der Waals surface area contributed by atoms with E-state index in [1.165, 1.54) is 11.3 Å². The Labute approximate surface area is 262 Å². The molecule has 0 saturated heterocycles. The second-order valence-corrected chi connectivity index (χ2v) is 13.2. The number of ether oxygens (including phenoxy) is 1. The van der Waals surface area contributed by atoms with Crippen molar-refractivity contribution in [3.05, 3.63) is 88.6 Å². The van der Waals surface area contributed by atoms with E-state index in [0.29, 0.717) is 17.2 Å². The summed E-state index contributed by atoms with van der Waals surface area (Å²) >= 11 is 1.32. The average molecular weight is 614 g/mol. The van der Waals surface area contributed by atoms with Gasteiger partial charge in [-0.15, -0.1) is 11.3 Å². The molecule has 230 valence electrons. The van der Waals surface area contributed by atoms with Crippen LogP contribution in [0.4, 0.5) is 9.93 Å². The van der Waals surface area contributed by atoms with E-state index in [1.807, 2.05) is 69.5 Å². The van der Waals surface area contributed by atoms with E-state index >= 15 is 0 Å². The molecule has 10 heteroatoms. The van der Waals surface area contributed by atoms with Crippen molar-refractivity contribution in [3.63, 3.8) is 0 Å². The van der Waals surface area contributed by atoms with Crippen molar-refractivity contribution in [2.45, 2.75) is 59.5 Å². The number of carbonyl (C=O) groups excluding carboxylic acids is 3. The molecule has 0 spiro atoms. The lowest BCUT2D eigenvalue weighted by atomic mass is 9.84. The van der Waals surface area contributed by atoms with E-state index in [9.17, 15) is 14.4 Å². The highest BCUT2D eigenvalue weighted by Crippen LogP contribution is 2.29. The number of nitrogens with one attached hydrogen (secondary N) is 3. The SMILES string of the molecule is Cc1cc(-c2cccc(-c3csc(NC(=O)CNC(=O)c4cccc(C(C)(C)CNC(=O)OC(C)(C)C)c4)n3)c2)cc(C)n1. The molecule has 3 amide bonds. The van der Waals surface area contributed by atoms with Crippen LogP contribution in [0.1, 0.15) is 61.9 Å². The fourth-order valence-electron chi connectivity index (χ4n) is 4.54. The van der Waals surface area contributed by atoms with E-state index in [0.717, 1.165) is 39.3 Å². The van der Waals surface area contributed by atoms with Crippen LogP contribution in [0.15, 0.2) is 66.0 Å². The summed E-state index contributed by atoms with van der Waals surface area (Å²) < 4.78 is 5.32. The molecule has 0 fully saturated rings. The third kappa shape index (κ3) is 8.97. The molecule has 44 heavy (non-hydrogen) atoms. The minimum Gasteiger partial charge on any atom is -0.444 e. The standard InChI is InChI=1S/C34H39N5O4S/c1-21-14-26(15-22(2)37-21)23-10-8-11-24(16-23)28-19-44-31(38-28)39-29(40)18-35-30(41)25-12-9-13-27(17-25)34(6,7)20-36-32(42)43-33(3,4)5/h8-17,19H,18,20H2,1-7H3,(H,35,41)(H,36,42)(H,38,39,40). The summed E-state index contributed by atoms with van der Waals surface area (Å²) in [6.07, 6.45) is -0.499. The number of carbonyl (C=O) groups is 3. The first kappa shape index (κ1) is 32.3. The van der Waals surface area contributed by atoms with E-state index in [4.69, 9.17) is 4.74 Å². The van der Waals surface area contributed by atoms with Gasteiger partial charge in [-0.2, -0.15) is 0 Å². The molecule has 0 aliphatic rings. The number of hydrogen-bond acceptors (Lipinski definition) is 7. The molecule has 0 saturated carbocycles. The minimum absolute atomic E-state index is 0.211. The van der Waals surface area contributed by atoms with Gasteiger partial charge in [0.05, 0.1) is 12.2 Å². The summed E-state index contributed by atoms with van der Waals surface area (Å²) in [7, 11) is 0. The molecule has 2 aromatic heterocycles. The average Bonchev–Trinajstić information content (AvgIpc) is 3.42. The Kier molecular flexibility index (Phi) is 9.84. The molecule has 0 aliphatic heterocycles. The summed E-state index contributed by atoms with van der Waals surface area (Å²) in [6, 6.07) is 19.3. The van der Waals surface area contributed by atoms with E-state index in [1.54, 1.807) is 39.0 Å².